The average Bonchev–Trinajstić information content (AvgIpc) is 2.93. The number of halogens is 3. The number of ether oxygens (including phenoxy) is 1. The third-order valence-corrected chi connectivity index (χ3v) is 6.33. The summed E-state index contributed by atoms with van der Waals surface area (Å²) in [4.78, 5) is 15.0. The van der Waals surface area contributed by atoms with Gasteiger partial charge in [-0.3, -0.25) is 4.79 Å². The molecular formula is C22H30F3NO3. The molecule has 3 rings (SSSR count). The Labute approximate surface area is 170 Å². The van der Waals surface area contributed by atoms with Gasteiger partial charge < -0.3 is 14.7 Å². The van der Waals surface area contributed by atoms with Gasteiger partial charge in [0.2, 0.25) is 5.91 Å². The van der Waals surface area contributed by atoms with E-state index in [4.69, 9.17) is 0 Å². The molecule has 1 saturated heterocycles. The number of benzene rings is 1. The maximum atomic E-state index is 13.2. The number of anilines is 1. The molecule has 2 aliphatic rings. The summed E-state index contributed by atoms with van der Waals surface area (Å²) in [5.41, 5.74) is 0.285. The summed E-state index contributed by atoms with van der Waals surface area (Å²) in [5, 5.41) is 10.6. The number of alkyl halides is 3. The summed E-state index contributed by atoms with van der Waals surface area (Å²) in [6.07, 6.45) is -2.23. The van der Waals surface area contributed by atoms with Crippen LogP contribution in [0, 0.1) is 5.41 Å². The SMILES string of the molecule is CC(C)(C)c1ccc(N2CCC3(CCC(O)(COCC(F)(F)F)CC3)C2=O)cc1. The van der Waals surface area contributed by atoms with Gasteiger partial charge in [0.25, 0.3) is 0 Å². The molecule has 1 aromatic rings. The van der Waals surface area contributed by atoms with Crippen LogP contribution in [0.1, 0.15) is 58.4 Å². The molecular weight excluding hydrogens is 383 g/mol. The molecule has 2 fully saturated rings. The molecule has 4 nitrogen and oxygen atoms in total. The highest BCUT2D eigenvalue weighted by Gasteiger charge is 2.51. The summed E-state index contributed by atoms with van der Waals surface area (Å²) in [6, 6.07) is 8.04. The van der Waals surface area contributed by atoms with Gasteiger partial charge >= 0.3 is 6.18 Å². The highest BCUT2D eigenvalue weighted by Crippen LogP contribution is 2.48. The van der Waals surface area contributed by atoms with Crippen LogP contribution in [0.2, 0.25) is 0 Å². The van der Waals surface area contributed by atoms with Crippen molar-refractivity contribution in [3.8, 4) is 0 Å². The fourth-order valence-electron chi connectivity index (χ4n) is 4.37. The third kappa shape index (κ3) is 4.94. The zero-order valence-corrected chi connectivity index (χ0v) is 17.3. The van der Waals surface area contributed by atoms with Crippen molar-refractivity contribution in [3.63, 3.8) is 0 Å². The maximum Gasteiger partial charge on any atom is 0.411 e. The molecule has 0 bridgehead atoms. The minimum absolute atomic E-state index is 0.0385. The van der Waals surface area contributed by atoms with Crippen LogP contribution < -0.4 is 4.90 Å². The average molecular weight is 413 g/mol. The quantitative estimate of drug-likeness (QED) is 0.785. The summed E-state index contributed by atoms with van der Waals surface area (Å²) in [6.45, 7) is 5.32. The highest BCUT2D eigenvalue weighted by molar-refractivity contribution is 6.00. The highest BCUT2D eigenvalue weighted by atomic mass is 19.4. The number of hydrogen-bond acceptors (Lipinski definition) is 3. The van der Waals surface area contributed by atoms with Gasteiger partial charge in [0.05, 0.1) is 17.6 Å². The van der Waals surface area contributed by atoms with Crippen LogP contribution in [-0.2, 0) is 14.9 Å². The number of nitrogens with zero attached hydrogens (tertiary/aromatic N) is 1. The number of carbonyl (C=O) groups excluding carboxylic acids is 1. The molecule has 1 N–H and O–H groups in total. The Hall–Kier alpha value is -1.60. The molecule has 1 heterocycles. The van der Waals surface area contributed by atoms with Gasteiger partial charge in [-0.15, -0.1) is 0 Å². The summed E-state index contributed by atoms with van der Waals surface area (Å²) < 4.78 is 41.5. The van der Waals surface area contributed by atoms with E-state index < -0.39 is 23.8 Å². The predicted molar refractivity (Wildman–Crippen MR) is 105 cm³/mol. The van der Waals surface area contributed by atoms with E-state index in [9.17, 15) is 23.1 Å². The first-order valence-corrected chi connectivity index (χ1v) is 10.1. The maximum absolute atomic E-state index is 13.2. The predicted octanol–water partition coefficient (Wildman–Crippen LogP) is 4.59. The van der Waals surface area contributed by atoms with Crippen LogP contribution in [0.4, 0.5) is 18.9 Å². The van der Waals surface area contributed by atoms with Crippen molar-refractivity contribution in [2.24, 2.45) is 5.41 Å². The second-order valence-corrected chi connectivity index (χ2v) is 9.62. The lowest BCUT2D eigenvalue weighted by Crippen LogP contribution is -2.46. The van der Waals surface area contributed by atoms with Gasteiger partial charge in [-0.25, -0.2) is 0 Å². The van der Waals surface area contributed by atoms with E-state index in [0.29, 0.717) is 25.8 Å². The lowest BCUT2D eigenvalue weighted by atomic mass is 9.68. The zero-order chi connectivity index (χ0) is 21.5. The number of aliphatic hydroxyl groups is 1. The summed E-state index contributed by atoms with van der Waals surface area (Å²) in [5.74, 6) is 0.0549. The van der Waals surface area contributed by atoms with E-state index in [0.717, 1.165) is 5.69 Å². The molecule has 1 aromatic carbocycles. The first-order valence-electron chi connectivity index (χ1n) is 10.1. The molecule has 1 spiro atoms. The second kappa shape index (κ2) is 7.58. The van der Waals surface area contributed by atoms with E-state index in [-0.39, 0.29) is 30.8 Å². The molecule has 7 heteroatoms. The standard InChI is InChI=1S/C22H30F3NO3/c1-19(2,3)16-4-6-17(7-5-16)26-13-12-20(18(26)27)8-10-21(28,11-9-20)14-29-15-22(23,24)25/h4-7,28H,8-15H2,1-3H3. The first kappa shape index (κ1) is 22.1. The Morgan fingerprint density at radius 1 is 1.03 bits per heavy atom. The van der Waals surface area contributed by atoms with Crippen LogP contribution in [0.15, 0.2) is 24.3 Å². The third-order valence-electron chi connectivity index (χ3n) is 6.33. The van der Waals surface area contributed by atoms with Crippen molar-refractivity contribution in [1.82, 2.24) is 0 Å². The van der Waals surface area contributed by atoms with Crippen LogP contribution >= 0.6 is 0 Å². The van der Waals surface area contributed by atoms with E-state index in [1.807, 2.05) is 24.3 Å². The van der Waals surface area contributed by atoms with Gasteiger partial charge in [0, 0.05) is 12.2 Å². The molecule has 0 radical (unpaired) electrons. The molecule has 162 valence electrons. The molecule has 0 aromatic heterocycles. The Balaban J connectivity index is 1.61. The molecule has 1 aliphatic heterocycles. The Morgan fingerprint density at radius 2 is 1.62 bits per heavy atom. The molecule has 1 amide bonds. The number of amides is 1. The van der Waals surface area contributed by atoms with Crippen molar-refractivity contribution < 1.29 is 27.8 Å². The van der Waals surface area contributed by atoms with Gasteiger partial charge in [0.15, 0.2) is 0 Å². The lowest BCUT2D eigenvalue weighted by molar-refractivity contribution is -0.191. The number of carbonyl (C=O) groups is 1. The van der Waals surface area contributed by atoms with Crippen molar-refractivity contribution in [2.75, 3.05) is 24.7 Å². The zero-order valence-electron chi connectivity index (χ0n) is 17.3. The van der Waals surface area contributed by atoms with Crippen molar-refractivity contribution >= 4 is 11.6 Å². The van der Waals surface area contributed by atoms with Gasteiger partial charge in [-0.2, -0.15) is 13.2 Å². The van der Waals surface area contributed by atoms with E-state index >= 15 is 0 Å². The topological polar surface area (TPSA) is 49.8 Å². The Bertz CT molecular complexity index is 729. The van der Waals surface area contributed by atoms with Crippen molar-refractivity contribution in [1.29, 1.82) is 0 Å². The molecule has 1 saturated carbocycles. The fraction of sp³-hybridized carbons (Fsp3) is 0.682. The molecule has 0 atom stereocenters. The van der Waals surface area contributed by atoms with Crippen molar-refractivity contribution in [3.05, 3.63) is 29.8 Å². The first-order chi connectivity index (χ1) is 13.3. The van der Waals surface area contributed by atoms with Crippen molar-refractivity contribution in [2.45, 2.75) is 70.1 Å². The smallest absolute Gasteiger partial charge is 0.387 e. The van der Waals surface area contributed by atoms with Gasteiger partial charge in [0.1, 0.15) is 6.61 Å². The van der Waals surface area contributed by atoms with E-state index in [2.05, 4.69) is 25.5 Å². The van der Waals surface area contributed by atoms with E-state index in [1.54, 1.807) is 4.90 Å². The van der Waals surface area contributed by atoms with Crippen LogP contribution in [-0.4, -0.2) is 42.5 Å². The van der Waals surface area contributed by atoms with E-state index in [1.165, 1.54) is 5.56 Å². The molecule has 1 aliphatic carbocycles. The second-order valence-electron chi connectivity index (χ2n) is 9.62. The molecule has 0 unspecified atom stereocenters. The monoisotopic (exact) mass is 413 g/mol. The minimum atomic E-state index is -4.41. The lowest BCUT2D eigenvalue weighted by Gasteiger charge is -2.40. The largest absolute Gasteiger partial charge is 0.411 e. The minimum Gasteiger partial charge on any atom is -0.387 e. The Morgan fingerprint density at radius 3 is 2.14 bits per heavy atom. The van der Waals surface area contributed by atoms with Crippen LogP contribution in [0.5, 0.6) is 0 Å². The Kier molecular flexibility index (Phi) is 5.78. The number of hydrogen-bond donors (Lipinski definition) is 1. The van der Waals surface area contributed by atoms with Crippen LogP contribution in [0.25, 0.3) is 0 Å². The summed E-state index contributed by atoms with van der Waals surface area (Å²) >= 11 is 0. The normalized spacial score (nSPS) is 28.4. The van der Waals surface area contributed by atoms with Gasteiger partial charge in [-0.1, -0.05) is 32.9 Å². The fourth-order valence-corrected chi connectivity index (χ4v) is 4.37. The summed E-state index contributed by atoms with van der Waals surface area (Å²) in [7, 11) is 0. The molecule has 29 heavy (non-hydrogen) atoms. The van der Waals surface area contributed by atoms with Crippen LogP contribution in [0.3, 0.4) is 0 Å². The number of rotatable bonds is 4. The van der Waals surface area contributed by atoms with Gasteiger partial charge in [-0.05, 0) is 55.2 Å².